The quantitative estimate of drug-likeness (QED) is 0.202. The Hall–Kier alpha value is -4.34. The number of hydrogen-bond acceptors (Lipinski definition) is 8. The van der Waals surface area contributed by atoms with Crippen LogP contribution in [0.1, 0.15) is 12.5 Å². The first-order chi connectivity index (χ1) is 20.4. The molecule has 1 atom stereocenters. The van der Waals surface area contributed by atoms with Crippen LogP contribution in [0, 0.1) is 5.82 Å². The molecular weight excluding hydrogens is 557 g/mol. The molecule has 0 unspecified atom stereocenters. The van der Waals surface area contributed by atoms with E-state index < -0.39 is 5.82 Å². The number of fused-ring (bicyclic) bond motifs is 2. The first-order valence-corrected chi connectivity index (χ1v) is 14.1. The molecule has 1 fully saturated rings. The molecule has 1 aromatic heterocycles. The predicted molar refractivity (Wildman–Crippen MR) is 166 cm³/mol. The van der Waals surface area contributed by atoms with Crippen LogP contribution in [-0.2, 0) is 6.54 Å². The third kappa shape index (κ3) is 5.10. The summed E-state index contributed by atoms with van der Waals surface area (Å²) in [5, 5.41) is 19.4. The molecular formula is C32H31ClFN5O3. The monoisotopic (exact) mass is 587 g/mol. The fraction of sp³-hybridized carbons (Fsp3) is 0.250. The SMILES string of the molecule is COc1ccc(CNc2nc(N3CCNC[C@@H]3C)c3cc(Cl)c(-c4cc(O)cc5ccccc45)c(F)c3n2)c(OC)c1. The molecule has 0 saturated carbocycles. The summed E-state index contributed by atoms with van der Waals surface area (Å²) in [4.78, 5) is 11.7. The lowest BCUT2D eigenvalue weighted by Gasteiger charge is -2.35. The Morgan fingerprint density at radius 1 is 1.07 bits per heavy atom. The van der Waals surface area contributed by atoms with Gasteiger partial charge in [0, 0.05) is 54.8 Å². The van der Waals surface area contributed by atoms with E-state index in [1.807, 2.05) is 36.4 Å². The van der Waals surface area contributed by atoms with E-state index in [0.29, 0.717) is 41.4 Å². The highest BCUT2D eigenvalue weighted by atomic mass is 35.5. The first kappa shape index (κ1) is 27.8. The summed E-state index contributed by atoms with van der Waals surface area (Å²) in [6.45, 7) is 4.67. The summed E-state index contributed by atoms with van der Waals surface area (Å²) in [6.07, 6.45) is 0. The zero-order valence-electron chi connectivity index (χ0n) is 23.5. The van der Waals surface area contributed by atoms with E-state index in [9.17, 15) is 5.11 Å². The number of nitrogens with zero attached hydrogens (tertiary/aromatic N) is 3. The molecule has 0 bridgehead atoms. The van der Waals surface area contributed by atoms with Crippen LogP contribution in [0.3, 0.4) is 0 Å². The summed E-state index contributed by atoms with van der Waals surface area (Å²) < 4.78 is 27.6. The van der Waals surface area contributed by atoms with Gasteiger partial charge < -0.3 is 30.1 Å². The summed E-state index contributed by atoms with van der Waals surface area (Å²) in [5.74, 6) is 1.64. The summed E-state index contributed by atoms with van der Waals surface area (Å²) in [5.41, 5.74) is 1.67. The standard InChI is InChI=1S/C32H31ClFN5O3/c1-18-16-35-10-11-39(18)31-25-15-26(33)28(24-13-21(40)12-19-6-4-5-7-23(19)24)29(34)30(25)37-32(38-31)36-17-20-8-9-22(41-2)14-27(20)42-3/h4-9,12-15,18,35,40H,10-11,16-17H2,1-3H3,(H,36,37,38)/t18-/m0/s1. The van der Waals surface area contributed by atoms with Crippen molar-refractivity contribution in [2.45, 2.75) is 19.5 Å². The molecule has 6 rings (SSSR count). The molecule has 1 aliphatic heterocycles. The van der Waals surface area contributed by atoms with Crippen LogP contribution in [0.15, 0.2) is 60.7 Å². The number of phenolic OH excluding ortho intramolecular Hbond substituents is 1. The molecule has 10 heteroatoms. The third-order valence-electron chi connectivity index (χ3n) is 7.68. The van der Waals surface area contributed by atoms with Crippen LogP contribution in [0.4, 0.5) is 16.2 Å². The Labute approximate surface area is 248 Å². The minimum atomic E-state index is -0.579. The number of anilines is 2. The maximum absolute atomic E-state index is 16.7. The highest BCUT2D eigenvalue weighted by Crippen LogP contribution is 2.42. The van der Waals surface area contributed by atoms with Gasteiger partial charge in [0.1, 0.15) is 28.6 Å². The van der Waals surface area contributed by atoms with Crippen molar-refractivity contribution >= 4 is 45.0 Å². The Morgan fingerprint density at radius 2 is 1.90 bits per heavy atom. The Bertz CT molecular complexity index is 1800. The van der Waals surface area contributed by atoms with Gasteiger partial charge in [-0.1, -0.05) is 35.9 Å². The van der Waals surface area contributed by atoms with Crippen molar-refractivity contribution in [2.75, 3.05) is 44.1 Å². The zero-order valence-corrected chi connectivity index (χ0v) is 24.3. The number of methoxy groups -OCH3 is 2. The smallest absolute Gasteiger partial charge is 0.225 e. The predicted octanol–water partition coefficient (Wildman–Crippen LogP) is 6.38. The molecule has 0 amide bonds. The Balaban J connectivity index is 1.52. The van der Waals surface area contributed by atoms with Crippen LogP contribution in [0.5, 0.6) is 17.2 Å². The maximum Gasteiger partial charge on any atom is 0.225 e. The Kier molecular flexibility index (Phi) is 7.62. The zero-order chi connectivity index (χ0) is 29.4. The summed E-state index contributed by atoms with van der Waals surface area (Å²) in [6, 6.07) is 18.1. The van der Waals surface area contributed by atoms with Crippen molar-refractivity contribution in [3.8, 4) is 28.4 Å². The minimum absolute atomic E-state index is 0.0214. The van der Waals surface area contributed by atoms with Crippen molar-refractivity contribution < 1.29 is 19.0 Å². The highest BCUT2D eigenvalue weighted by Gasteiger charge is 2.26. The highest BCUT2D eigenvalue weighted by molar-refractivity contribution is 6.35. The summed E-state index contributed by atoms with van der Waals surface area (Å²) >= 11 is 6.83. The maximum atomic E-state index is 16.7. The summed E-state index contributed by atoms with van der Waals surface area (Å²) in [7, 11) is 3.20. The molecule has 3 N–H and O–H groups in total. The average molecular weight is 588 g/mol. The lowest BCUT2D eigenvalue weighted by molar-refractivity contribution is 0.391. The van der Waals surface area contributed by atoms with Gasteiger partial charge in [0.25, 0.3) is 0 Å². The van der Waals surface area contributed by atoms with Gasteiger partial charge >= 0.3 is 0 Å². The number of ether oxygens (including phenoxy) is 2. The van der Waals surface area contributed by atoms with E-state index in [0.717, 1.165) is 29.4 Å². The van der Waals surface area contributed by atoms with Gasteiger partial charge in [-0.15, -0.1) is 0 Å². The number of hydrogen-bond donors (Lipinski definition) is 3. The molecule has 42 heavy (non-hydrogen) atoms. The number of nitrogens with one attached hydrogen (secondary N) is 2. The lowest BCUT2D eigenvalue weighted by Crippen LogP contribution is -2.50. The number of phenols is 1. The van der Waals surface area contributed by atoms with Gasteiger partial charge in [-0.2, -0.15) is 4.98 Å². The second kappa shape index (κ2) is 11.5. The van der Waals surface area contributed by atoms with Gasteiger partial charge in [-0.25, -0.2) is 9.37 Å². The second-order valence-corrected chi connectivity index (χ2v) is 10.7. The molecule has 0 aliphatic carbocycles. The minimum Gasteiger partial charge on any atom is -0.508 e. The van der Waals surface area contributed by atoms with Gasteiger partial charge in [-0.3, -0.25) is 0 Å². The first-order valence-electron chi connectivity index (χ1n) is 13.7. The fourth-order valence-corrected chi connectivity index (χ4v) is 5.85. The van der Waals surface area contributed by atoms with Crippen molar-refractivity contribution in [3.05, 3.63) is 77.1 Å². The molecule has 1 aliphatic rings. The number of rotatable bonds is 7. The molecule has 1 saturated heterocycles. The molecule has 8 nitrogen and oxygen atoms in total. The molecule has 0 spiro atoms. The fourth-order valence-electron chi connectivity index (χ4n) is 5.55. The van der Waals surface area contributed by atoms with Crippen LogP contribution < -0.4 is 25.0 Å². The number of halogens is 2. The molecule has 4 aromatic carbocycles. The number of aromatic hydroxyl groups is 1. The van der Waals surface area contributed by atoms with Crippen LogP contribution >= 0.6 is 11.6 Å². The number of piperazine rings is 1. The largest absolute Gasteiger partial charge is 0.508 e. The molecule has 216 valence electrons. The second-order valence-electron chi connectivity index (χ2n) is 10.3. The molecule has 2 heterocycles. The van der Waals surface area contributed by atoms with Gasteiger partial charge in [0.2, 0.25) is 5.95 Å². The average Bonchev–Trinajstić information content (AvgIpc) is 3.00. The van der Waals surface area contributed by atoms with Crippen molar-refractivity contribution in [3.63, 3.8) is 0 Å². The van der Waals surface area contributed by atoms with E-state index in [-0.39, 0.29) is 33.8 Å². The van der Waals surface area contributed by atoms with Crippen LogP contribution in [-0.4, -0.2) is 55.0 Å². The van der Waals surface area contributed by atoms with E-state index >= 15 is 4.39 Å². The van der Waals surface area contributed by atoms with Gasteiger partial charge in [0.05, 0.1) is 19.2 Å². The van der Waals surface area contributed by atoms with Crippen molar-refractivity contribution in [1.82, 2.24) is 15.3 Å². The van der Waals surface area contributed by atoms with Crippen LogP contribution in [0.25, 0.3) is 32.8 Å². The van der Waals surface area contributed by atoms with Crippen molar-refractivity contribution in [1.29, 1.82) is 0 Å². The van der Waals surface area contributed by atoms with Crippen LogP contribution in [0.2, 0.25) is 5.02 Å². The van der Waals surface area contributed by atoms with Gasteiger partial charge in [0.15, 0.2) is 5.82 Å². The van der Waals surface area contributed by atoms with E-state index in [4.69, 9.17) is 26.1 Å². The third-order valence-corrected chi connectivity index (χ3v) is 7.98. The van der Waals surface area contributed by atoms with E-state index in [2.05, 4.69) is 27.4 Å². The van der Waals surface area contributed by atoms with E-state index in [1.54, 1.807) is 32.4 Å². The molecule has 0 radical (unpaired) electrons. The molecule has 5 aromatic rings. The Morgan fingerprint density at radius 3 is 2.69 bits per heavy atom. The normalized spacial score (nSPS) is 15.3. The number of benzene rings is 4. The topological polar surface area (TPSA) is 91.8 Å². The van der Waals surface area contributed by atoms with E-state index in [1.165, 1.54) is 6.07 Å². The number of aromatic nitrogens is 2. The lowest BCUT2D eigenvalue weighted by atomic mass is 9.96. The van der Waals surface area contributed by atoms with Crippen molar-refractivity contribution in [2.24, 2.45) is 0 Å². The van der Waals surface area contributed by atoms with Gasteiger partial charge in [-0.05, 0) is 53.6 Å².